The minimum Gasteiger partial charge on any atom is -0.316 e. The van der Waals surface area contributed by atoms with Crippen LogP contribution < -0.4 is 5.32 Å². The lowest BCUT2D eigenvalue weighted by Gasteiger charge is -2.14. The van der Waals surface area contributed by atoms with E-state index in [1.54, 1.807) is 23.9 Å². The van der Waals surface area contributed by atoms with E-state index in [-0.39, 0.29) is 5.82 Å². The van der Waals surface area contributed by atoms with Gasteiger partial charge in [-0.3, -0.25) is 0 Å². The molecule has 0 aliphatic heterocycles. The Kier molecular flexibility index (Phi) is 6.76. The molecule has 1 aromatic rings. The predicted molar refractivity (Wildman–Crippen MR) is 72.7 cm³/mol. The fourth-order valence-electron chi connectivity index (χ4n) is 1.44. The van der Waals surface area contributed by atoms with Gasteiger partial charge in [-0.25, -0.2) is 4.39 Å². The molecule has 0 aliphatic carbocycles. The number of benzene rings is 1. The van der Waals surface area contributed by atoms with Crippen molar-refractivity contribution in [3.05, 3.63) is 30.1 Å². The third kappa shape index (κ3) is 5.76. The van der Waals surface area contributed by atoms with Crippen molar-refractivity contribution in [3.8, 4) is 11.8 Å². The molecule has 0 bridgehead atoms. The third-order valence-corrected chi connectivity index (χ3v) is 3.61. The number of rotatable bonds is 6. The Bertz CT molecular complexity index is 395. The van der Waals surface area contributed by atoms with Crippen molar-refractivity contribution in [1.29, 1.82) is 0 Å². The Hall–Kier alpha value is -0.980. The van der Waals surface area contributed by atoms with Crippen LogP contribution >= 0.6 is 11.8 Å². The lowest BCUT2D eigenvalue weighted by atomic mass is 10.2. The van der Waals surface area contributed by atoms with E-state index >= 15 is 0 Å². The van der Waals surface area contributed by atoms with Crippen molar-refractivity contribution in [2.45, 2.75) is 30.7 Å². The summed E-state index contributed by atoms with van der Waals surface area (Å²) in [6, 6.07) is 7.14. The summed E-state index contributed by atoms with van der Waals surface area (Å²) >= 11 is 1.67. The van der Waals surface area contributed by atoms with Gasteiger partial charge in [0, 0.05) is 23.1 Å². The van der Waals surface area contributed by atoms with Crippen LogP contribution in [0.5, 0.6) is 0 Å². The summed E-state index contributed by atoms with van der Waals surface area (Å²) in [6.45, 7) is 1.86. The first kappa shape index (κ1) is 14.1. The van der Waals surface area contributed by atoms with Gasteiger partial charge in [-0.2, -0.15) is 0 Å². The first-order valence-electron chi connectivity index (χ1n) is 5.71. The molecule has 0 aliphatic rings. The second-order valence-corrected chi connectivity index (χ2v) is 4.81. The van der Waals surface area contributed by atoms with E-state index in [9.17, 15) is 4.39 Å². The summed E-state index contributed by atoms with van der Waals surface area (Å²) in [5.74, 6) is 6.72. The van der Waals surface area contributed by atoms with Crippen LogP contribution in [0.4, 0.5) is 4.39 Å². The van der Waals surface area contributed by atoms with Crippen LogP contribution in [0.1, 0.15) is 19.8 Å². The first-order valence-corrected chi connectivity index (χ1v) is 6.70. The highest BCUT2D eigenvalue weighted by molar-refractivity contribution is 7.99. The van der Waals surface area contributed by atoms with Crippen molar-refractivity contribution < 1.29 is 4.39 Å². The number of hydrogen-bond donors (Lipinski definition) is 1. The maximum atomic E-state index is 13.0. The normalized spacial score (nSPS) is 11.7. The molecule has 1 N–H and O–H groups in total. The van der Waals surface area contributed by atoms with Gasteiger partial charge < -0.3 is 5.32 Å². The maximum Gasteiger partial charge on any atom is 0.124 e. The van der Waals surface area contributed by atoms with Crippen LogP contribution in [-0.2, 0) is 0 Å². The van der Waals surface area contributed by atoms with Crippen LogP contribution in [0.25, 0.3) is 0 Å². The summed E-state index contributed by atoms with van der Waals surface area (Å²) < 4.78 is 13.0. The molecule has 1 nitrogen and oxygen atoms in total. The predicted octanol–water partition coefficient (Wildman–Crippen LogP) is 3.31. The summed E-state index contributed by atoms with van der Waals surface area (Å²) in [4.78, 5) is 0.979. The molecular formula is C14H18FNS. The van der Waals surface area contributed by atoms with Crippen molar-refractivity contribution in [2.24, 2.45) is 0 Å². The van der Waals surface area contributed by atoms with Gasteiger partial charge in [-0.05, 0) is 38.6 Å². The van der Waals surface area contributed by atoms with Crippen LogP contribution in [0.15, 0.2) is 29.2 Å². The zero-order valence-corrected chi connectivity index (χ0v) is 11.1. The van der Waals surface area contributed by atoms with Crippen molar-refractivity contribution >= 4 is 11.8 Å². The van der Waals surface area contributed by atoms with E-state index in [2.05, 4.69) is 17.2 Å². The monoisotopic (exact) mass is 251 g/mol. The number of thioether (sulfide) groups is 1. The van der Waals surface area contributed by atoms with E-state index in [0.29, 0.717) is 6.04 Å². The largest absolute Gasteiger partial charge is 0.316 e. The standard InChI is InChI=1S/C14H18FNS/c1-3-4-5-8-13(16-2)11-17-14-9-6-7-12(15)10-14/h6-7,9-10,13,16H,5,8,11H2,1-2H3. The van der Waals surface area contributed by atoms with Crippen LogP contribution in [0.3, 0.4) is 0 Å². The van der Waals surface area contributed by atoms with Gasteiger partial charge in [0.1, 0.15) is 5.82 Å². The maximum absolute atomic E-state index is 13.0. The minimum absolute atomic E-state index is 0.173. The van der Waals surface area contributed by atoms with Gasteiger partial charge in [0.15, 0.2) is 0 Å². The molecule has 0 fully saturated rings. The van der Waals surface area contributed by atoms with Crippen LogP contribution in [0, 0.1) is 17.7 Å². The molecule has 1 atom stereocenters. The summed E-state index contributed by atoms with van der Waals surface area (Å²) in [5, 5.41) is 3.26. The van der Waals surface area contributed by atoms with E-state index < -0.39 is 0 Å². The zero-order chi connectivity index (χ0) is 12.5. The van der Waals surface area contributed by atoms with Crippen LogP contribution in [0.2, 0.25) is 0 Å². The Morgan fingerprint density at radius 2 is 2.29 bits per heavy atom. The smallest absolute Gasteiger partial charge is 0.124 e. The lowest BCUT2D eigenvalue weighted by Crippen LogP contribution is -2.27. The molecule has 0 amide bonds. The molecule has 1 rings (SSSR count). The molecule has 3 heteroatoms. The van der Waals surface area contributed by atoms with Gasteiger partial charge in [-0.1, -0.05) is 6.07 Å². The number of nitrogens with one attached hydrogen (secondary N) is 1. The third-order valence-electron chi connectivity index (χ3n) is 2.45. The van der Waals surface area contributed by atoms with Crippen molar-refractivity contribution in [3.63, 3.8) is 0 Å². The Balaban J connectivity index is 2.38. The number of halogens is 1. The molecular weight excluding hydrogens is 233 g/mol. The van der Waals surface area contributed by atoms with E-state index in [1.807, 2.05) is 20.0 Å². The van der Waals surface area contributed by atoms with Gasteiger partial charge in [0.05, 0.1) is 0 Å². The highest BCUT2D eigenvalue weighted by Crippen LogP contribution is 2.20. The van der Waals surface area contributed by atoms with Crippen molar-refractivity contribution in [1.82, 2.24) is 5.32 Å². The fourth-order valence-corrected chi connectivity index (χ4v) is 2.53. The Morgan fingerprint density at radius 1 is 1.47 bits per heavy atom. The van der Waals surface area contributed by atoms with E-state index in [0.717, 1.165) is 23.5 Å². The average molecular weight is 251 g/mol. The molecule has 0 spiro atoms. The SMILES string of the molecule is CC#CCCC(CSc1cccc(F)c1)NC. The molecule has 17 heavy (non-hydrogen) atoms. The Morgan fingerprint density at radius 3 is 2.94 bits per heavy atom. The summed E-state index contributed by atoms with van der Waals surface area (Å²) in [5.41, 5.74) is 0. The summed E-state index contributed by atoms with van der Waals surface area (Å²) in [7, 11) is 1.95. The molecule has 1 unspecified atom stereocenters. The van der Waals surface area contributed by atoms with Gasteiger partial charge >= 0.3 is 0 Å². The van der Waals surface area contributed by atoms with Gasteiger partial charge in [-0.15, -0.1) is 23.6 Å². The molecule has 1 aromatic carbocycles. The van der Waals surface area contributed by atoms with E-state index in [4.69, 9.17) is 0 Å². The molecule has 0 heterocycles. The second-order valence-electron chi connectivity index (χ2n) is 3.72. The van der Waals surface area contributed by atoms with Crippen LogP contribution in [-0.4, -0.2) is 18.8 Å². The summed E-state index contributed by atoms with van der Waals surface area (Å²) in [6.07, 6.45) is 1.94. The second kappa shape index (κ2) is 8.16. The Labute approximate surface area is 107 Å². The van der Waals surface area contributed by atoms with Gasteiger partial charge in [0.25, 0.3) is 0 Å². The number of hydrogen-bond acceptors (Lipinski definition) is 2. The highest BCUT2D eigenvalue weighted by atomic mass is 32.2. The van der Waals surface area contributed by atoms with Crippen molar-refractivity contribution in [2.75, 3.05) is 12.8 Å². The fraction of sp³-hybridized carbons (Fsp3) is 0.429. The van der Waals surface area contributed by atoms with Gasteiger partial charge in [0.2, 0.25) is 0 Å². The lowest BCUT2D eigenvalue weighted by molar-refractivity contribution is 0.582. The minimum atomic E-state index is -0.173. The zero-order valence-electron chi connectivity index (χ0n) is 10.3. The molecule has 0 saturated heterocycles. The molecule has 0 saturated carbocycles. The molecule has 0 radical (unpaired) electrons. The van der Waals surface area contributed by atoms with E-state index in [1.165, 1.54) is 6.07 Å². The highest BCUT2D eigenvalue weighted by Gasteiger charge is 2.06. The quantitative estimate of drug-likeness (QED) is 0.615. The molecule has 0 aromatic heterocycles. The topological polar surface area (TPSA) is 12.0 Å². The average Bonchev–Trinajstić information content (AvgIpc) is 2.34. The molecule has 92 valence electrons. The first-order chi connectivity index (χ1) is 8.26.